The van der Waals surface area contributed by atoms with E-state index in [-0.39, 0.29) is 15.3 Å². The van der Waals surface area contributed by atoms with Crippen LogP contribution in [0.3, 0.4) is 0 Å². The van der Waals surface area contributed by atoms with E-state index < -0.39 is 5.41 Å². The number of hydrogen-bond acceptors (Lipinski definition) is 12. The van der Waals surface area contributed by atoms with Gasteiger partial charge in [-0.3, -0.25) is 14.4 Å². The number of H-pyrrole nitrogens is 2. The van der Waals surface area contributed by atoms with Crippen LogP contribution in [-0.4, -0.2) is 55.2 Å². The van der Waals surface area contributed by atoms with Crippen molar-refractivity contribution in [2.75, 3.05) is 0 Å². The Morgan fingerprint density at radius 3 is 0.798 bits per heavy atom. The molecule has 5 heterocycles. The van der Waals surface area contributed by atoms with Gasteiger partial charge in [-0.05, 0) is 216 Å². The van der Waals surface area contributed by atoms with Gasteiger partial charge in [-0.2, -0.15) is 0 Å². The topological polar surface area (TPSA) is 160 Å². The molecule has 2 N–H and O–H groups in total. The molecule has 0 spiro atoms. The largest absolute Gasteiger partial charge is 0.324 e. The van der Waals surface area contributed by atoms with Crippen LogP contribution in [0.15, 0.2) is 152 Å². The Bertz CT molecular complexity index is 5530. The summed E-state index contributed by atoms with van der Waals surface area (Å²) < 4.78 is 0. The fraction of sp³-hybridized carbons (Fsp3) is 0.445. The van der Waals surface area contributed by atoms with Crippen molar-refractivity contribution in [3.8, 4) is 57.4 Å². The Morgan fingerprint density at radius 1 is 0.274 bits per heavy atom. The average Bonchev–Trinajstić information content (AvgIpc) is 0.967. The van der Waals surface area contributed by atoms with Crippen molar-refractivity contribution in [3.63, 3.8) is 0 Å². The first-order valence-corrected chi connectivity index (χ1v) is 50.4. The molecule has 0 aliphatic carbocycles. The van der Waals surface area contributed by atoms with Gasteiger partial charge in [-0.15, -0.1) is 0 Å². The summed E-state index contributed by atoms with van der Waals surface area (Å²) >= 11 is 3.92. The van der Waals surface area contributed by atoms with Crippen LogP contribution in [0.2, 0.25) is 0 Å². The minimum absolute atomic E-state index is 0.0755. The highest BCUT2D eigenvalue weighted by Gasteiger charge is 2.39. The number of aryl methyl sites for hydroxylation is 6. The Balaban J connectivity index is 1.02. The van der Waals surface area contributed by atoms with E-state index in [2.05, 4.69) is 215 Å². The molecule has 124 heavy (non-hydrogen) atoms. The molecule has 2 aliphatic rings. The van der Waals surface area contributed by atoms with E-state index in [1.54, 1.807) is 20.8 Å². The second-order valence-electron chi connectivity index (χ2n) is 34.9. The second kappa shape index (κ2) is 46.8. The number of aromatic amines is 2. The molecular weight excluding hydrogens is 1580 g/mol. The van der Waals surface area contributed by atoms with Crippen molar-refractivity contribution in [2.45, 2.75) is 316 Å². The molecule has 0 fully saturated rings. The minimum Gasteiger partial charge on any atom is -0.324 e. The molecule has 0 atom stereocenters. The van der Waals surface area contributed by atoms with Crippen LogP contribution < -0.4 is 0 Å². The van der Waals surface area contributed by atoms with Crippen molar-refractivity contribution in [2.24, 2.45) is 0 Å². The lowest BCUT2D eigenvalue weighted by Gasteiger charge is -2.37. The van der Waals surface area contributed by atoms with Crippen LogP contribution in [0.25, 0.3) is 89.7 Å². The predicted octanol–water partition coefficient (Wildman–Crippen LogP) is 30.1. The van der Waals surface area contributed by atoms with Crippen molar-refractivity contribution < 1.29 is 14.4 Å². The van der Waals surface area contributed by atoms with Gasteiger partial charge in [0.25, 0.3) is 0 Å². The van der Waals surface area contributed by atoms with Crippen molar-refractivity contribution in [3.05, 3.63) is 235 Å². The van der Waals surface area contributed by atoms with Crippen molar-refractivity contribution in [1.29, 1.82) is 0 Å². The molecule has 2 aliphatic heterocycles. The quantitative estimate of drug-likeness (QED) is 0.0211. The molecule has 0 unspecified atom stereocenters. The number of carbonyl (C=O) groups is 3. The van der Waals surface area contributed by atoms with Gasteiger partial charge in [0.2, 0.25) is 0 Å². The predicted molar refractivity (Wildman–Crippen MR) is 527 cm³/mol. The number of thioether (sulfide) groups is 3. The summed E-state index contributed by atoms with van der Waals surface area (Å²) in [4.78, 5) is 79.2. The molecule has 8 bridgehead atoms. The Kier molecular flexibility index (Phi) is 34.9. The summed E-state index contributed by atoms with van der Waals surface area (Å²) in [5.74, 6) is 11.5. The zero-order valence-electron chi connectivity index (χ0n) is 75.6. The number of rotatable bonds is 46. The number of nitrogens with zero attached hydrogens (tertiary/aromatic N) is 6. The van der Waals surface area contributed by atoms with Crippen LogP contribution in [0, 0.1) is 11.8 Å². The maximum Gasteiger partial charge on any atom is 0.186 e. The molecule has 0 saturated heterocycles. The summed E-state index contributed by atoms with van der Waals surface area (Å²) in [5, 5.41) is 4.11. The normalized spacial score (nSPS) is 11.8. The van der Waals surface area contributed by atoms with Crippen LogP contribution in [0.1, 0.15) is 338 Å². The highest BCUT2D eigenvalue weighted by atomic mass is 32.2. The van der Waals surface area contributed by atoms with Crippen molar-refractivity contribution >= 4 is 94.8 Å². The SMILES string of the molecule is CCCCCCCc1cc2c(cc1CCCCCCC)-c1nc-2nc2[nH]c(nc3nc(nc4[nH]c(n1)c1cc(CCCCCCC)c(CCCCCCC)cc41)-c1cc(CCCCCCC)c(CCCCCCC)cc1-3)c1cc(C#Cc3ccc(C(c4ccc(CSC(C)=O)cc4)(c4ccc(CSC(C)=O)cc4)c4ccc(CSC(C)=O)cc4)cc3)ccc21. The standard InChI is InChI=1S/C110H132N8O3S3/c1-10-16-22-28-34-40-84-67-96-97(68-85(84)41-35-29-23-17-11-2)106-114-104(96)112-102-94-65-56-80(47-46-79-48-57-90(58-49-79)110(91-59-50-81(51-60-91)73-122-76(7)119,92-61-52-82(53-62-92)74-123-77(8)120)93-63-54-83(55-64-93)75-124-78(9)121)66-95(94)103(111-102)113-105-98-69-86(42-36-30-24-18-12-3)87(43-37-31-25-19-13-4)70-99(98)107(115-105)117-109-101-72-89(45-39-33-27-21-15-6)88(44-38-32-26-20-14-5)71-100(101)108(116-106)118-109/h48-72H,10-45,73-75H2,1-9H3,(H2,111,112,113,114,115,116,117,118). The third-order valence-corrected chi connectivity index (χ3v) is 27.9. The summed E-state index contributed by atoms with van der Waals surface area (Å²) in [5.41, 5.74) is 23.4. The third-order valence-electron chi connectivity index (χ3n) is 25.2. The lowest BCUT2D eigenvalue weighted by molar-refractivity contribution is -0.109. The Hall–Kier alpha value is -9.26. The van der Waals surface area contributed by atoms with Crippen LogP contribution >= 0.6 is 35.3 Å². The number of carbonyl (C=O) groups excluding carboxylic acids is 3. The van der Waals surface area contributed by atoms with Gasteiger partial charge in [0.15, 0.2) is 38.6 Å². The first kappa shape index (κ1) is 92.4. The van der Waals surface area contributed by atoms with E-state index >= 15 is 0 Å². The lowest BCUT2D eigenvalue weighted by atomic mass is 9.65. The zero-order chi connectivity index (χ0) is 86.6. The van der Waals surface area contributed by atoms with Gasteiger partial charge >= 0.3 is 0 Å². The molecule has 0 saturated carbocycles. The van der Waals surface area contributed by atoms with Crippen LogP contribution in [0.4, 0.5) is 0 Å². The van der Waals surface area contributed by atoms with E-state index in [0.717, 1.165) is 182 Å². The fourth-order valence-corrected chi connectivity index (χ4v) is 19.9. The highest BCUT2D eigenvalue weighted by Crippen LogP contribution is 2.47. The molecule has 13 rings (SSSR count). The molecule has 11 nitrogen and oxygen atoms in total. The number of hydrogen-bond donors (Lipinski definition) is 2. The Labute approximate surface area is 752 Å². The third kappa shape index (κ3) is 24.1. The van der Waals surface area contributed by atoms with E-state index in [1.165, 1.54) is 223 Å². The number of benzene rings is 8. The first-order valence-electron chi connectivity index (χ1n) is 47.4. The van der Waals surface area contributed by atoms with Crippen LogP contribution in [-0.2, 0) is 75.6 Å². The average molecular weight is 1710 g/mol. The maximum atomic E-state index is 12.3. The zero-order valence-corrected chi connectivity index (χ0v) is 78.1. The monoisotopic (exact) mass is 1710 g/mol. The fourth-order valence-electron chi connectivity index (χ4n) is 18.2. The summed E-state index contributed by atoms with van der Waals surface area (Å²) in [6.45, 7) is 18.7. The molecule has 648 valence electrons. The molecule has 8 aromatic carbocycles. The van der Waals surface area contributed by atoms with Crippen LogP contribution in [0.5, 0.6) is 0 Å². The van der Waals surface area contributed by atoms with Gasteiger partial charge in [0.05, 0.1) is 5.41 Å². The number of aromatic nitrogens is 8. The highest BCUT2D eigenvalue weighted by molar-refractivity contribution is 8.13. The number of unbranched alkanes of at least 4 members (excludes halogenated alkanes) is 24. The van der Waals surface area contributed by atoms with Gasteiger partial charge in [0.1, 0.15) is 22.6 Å². The van der Waals surface area contributed by atoms with Crippen molar-refractivity contribution in [1.82, 2.24) is 39.9 Å². The van der Waals surface area contributed by atoms with E-state index in [1.807, 2.05) is 0 Å². The summed E-state index contributed by atoms with van der Waals surface area (Å²) in [6, 6.07) is 55.8. The summed E-state index contributed by atoms with van der Waals surface area (Å²) in [7, 11) is 0. The molecule has 14 heteroatoms. The summed E-state index contributed by atoms with van der Waals surface area (Å²) in [6.07, 6.45) is 42.4. The van der Waals surface area contributed by atoms with Gasteiger partial charge in [0, 0.05) is 93.0 Å². The number of nitrogens with one attached hydrogen (secondary N) is 2. The molecular formula is C110H132N8O3S3. The van der Waals surface area contributed by atoms with E-state index in [9.17, 15) is 14.4 Å². The molecule has 11 aromatic rings. The lowest BCUT2D eigenvalue weighted by Crippen LogP contribution is -2.31. The second-order valence-corrected chi connectivity index (χ2v) is 38.3. The van der Waals surface area contributed by atoms with E-state index in [0.29, 0.717) is 51.9 Å². The molecule has 0 radical (unpaired) electrons. The van der Waals surface area contributed by atoms with Gasteiger partial charge < -0.3 is 9.97 Å². The first-order chi connectivity index (χ1) is 60.7. The minimum atomic E-state index is -0.835. The maximum absolute atomic E-state index is 12.3. The molecule has 3 aromatic heterocycles. The van der Waals surface area contributed by atoms with E-state index in [4.69, 9.17) is 29.9 Å². The van der Waals surface area contributed by atoms with Gasteiger partial charge in [-0.25, -0.2) is 29.9 Å². The number of fused-ring (bicyclic) bond motifs is 20. The van der Waals surface area contributed by atoms with Gasteiger partial charge in [-0.1, -0.05) is 328 Å². The Morgan fingerprint density at radius 2 is 0.516 bits per heavy atom. The molecule has 0 amide bonds. The smallest absolute Gasteiger partial charge is 0.186 e.